The molecule has 3 heterocycles. The number of rotatable bonds is 7. The second-order valence-corrected chi connectivity index (χ2v) is 15.9. The number of ether oxygens (including phenoxy) is 2. The molecular weight excluding hydrogens is 697 g/mol. The number of hydrogen-bond acceptors (Lipinski definition) is 9. The first-order valence-corrected chi connectivity index (χ1v) is 18.9. The lowest BCUT2D eigenvalue weighted by Crippen LogP contribution is -2.58. The van der Waals surface area contributed by atoms with Crippen molar-refractivity contribution in [3.63, 3.8) is 0 Å². The standard InChI is InChI=1S/C33H41ClFN5O9S/c34-23-9-8-20-17-39(18-21(20)14-23)32(45)49-24-15-27-28(41)37-33(30(43)38-50(46,47)25-10-11-25)16-22(33)6-4-2-1-3-5-7-26(29(42)40(27)19-24)36-31(44)48-13-12-35/h4,6,8-9,14,22,24-27H,1-3,5,7,10-13,15-19H2,(H,36,44)(H,37,41)(H,38,43)/b6-4+/t22-,24-,26+,27+,33-/m1/s1. The van der Waals surface area contributed by atoms with Crippen LogP contribution in [0.1, 0.15) is 68.9 Å². The highest BCUT2D eigenvalue weighted by atomic mass is 35.5. The Hall–Kier alpha value is -3.92. The molecular formula is C33H41ClFN5O9S. The van der Waals surface area contributed by atoms with Crippen LogP contribution in [0.2, 0.25) is 5.02 Å². The van der Waals surface area contributed by atoms with Gasteiger partial charge in [0.05, 0.1) is 11.8 Å². The maximum atomic E-state index is 14.1. The maximum Gasteiger partial charge on any atom is 0.410 e. The summed E-state index contributed by atoms with van der Waals surface area (Å²) < 4.78 is 50.9. The predicted octanol–water partition coefficient (Wildman–Crippen LogP) is 2.83. The summed E-state index contributed by atoms with van der Waals surface area (Å²) in [6.45, 7) is -1.05. The lowest BCUT2D eigenvalue weighted by Gasteiger charge is -2.29. The van der Waals surface area contributed by atoms with Crippen molar-refractivity contribution in [3.05, 3.63) is 46.5 Å². The summed E-state index contributed by atoms with van der Waals surface area (Å²) in [4.78, 5) is 70.2. The molecule has 2 aliphatic carbocycles. The van der Waals surface area contributed by atoms with E-state index in [1.807, 2.05) is 12.1 Å². The lowest BCUT2D eigenvalue weighted by atomic mass is 10.1. The van der Waals surface area contributed by atoms with E-state index in [9.17, 15) is 36.8 Å². The molecule has 5 amide bonds. The molecule has 1 saturated heterocycles. The van der Waals surface area contributed by atoms with E-state index in [0.717, 1.165) is 17.5 Å². The molecule has 0 unspecified atom stereocenters. The van der Waals surface area contributed by atoms with Crippen LogP contribution in [0, 0.1) is 5.92 Å². The molecule has 0 bridgehead atoms. The average Bonchev–Trinajstić information content (AvgIpc) is 3.96. The molecule has 3 fully saturated rings. The summed E-state index contributed by atoms with van der Waals surface area (Å²) in [5.41, 5.74) is 0.223. The summed E-state index contributed by atoms with van der Waals surface area (Å²) in [6.07, 6.45) is 4.83. The highest BCUT2D eigenvalue weighted by molar-refractivity contribution is 7.91. The Balaban J connectivity index is 1.24. The summed E-state index contributed by atoms with van der Waals surface area (Å²) in [5, 5.41) is 5.14. The van der Waals surface area contributed by atoms with Crippen molar-refractivity contribution < 1.29 is 46.3 Å². The third kappa shape index (κ3) is 8.01. The van der Waals surface area contributed by atoms with Gasteiger partial charge in [-0.25, -0.2) is 22.4 Å². The van der Waals surface area contributed by atoms with Crippen molar-refractivity contribution in [1.29, 1.82) is 0 Å². The minimum Gasteiger partial charge on any atom is -0.447 e. The number of fused-ring (bicyclic) bond motifs is 3. The normalized spacial score (nSPS) is 28.9. The van der Waals surface area contributed by atoms with Crippen LogP contribution in [0.25, 0.3) is 0 Å². The SMILES string of the molecule is O=C(N[C@H]1CCCCC/C=C/[C@@H]2C[C@@]2(C(=O)NS(=O)(=O)C2CC2)NC(=O)[C@@H]2C[C@@H](OC(=O)N3Cc4ccc(Cl)cc4C3)CN2C1=O)OCCF. The Bertz CT molecular complexity index is 1670. The molecule has 17 heteroatoms. The van der Waals surface area contributed by atoms with Gasteiger partial charge < -0.3 is 25.0 Å². The van der Waals surface area contributed by atoms with E-state index in [1.165, 1.54) is 9.80 Å². The van der Waals surface area contributed by atoms with Crippen molar-refractivity contribution in [2.45, 2.75) is 99.9 Å². The zero-order valence-electron chi connectivity index (χ0n) is 27.4. The number of allylic oxidation sites excluding steroid dienone is 1. The van der Waals surface area contributed by atoms with Crippen molar-refractivity contribution in [2.75, 3.05) is 19.8 Å². The molecule has 272 valence electrons. The van der Waals surface area contributed by atoms with Crippen LogP contribution in [0.3, 0.4) is 0 Å². The molecule has 3 N–H and O–H groups in total. The number of amides is 5. The van der Waals surface area contributed by atoms with Gasteiger partial charge in [0, 0.05) is 30.5 Å². The first kappa shape index (κ1) is 35.9. The van der Waals surface area contributed by atoms with Gasteiger partial charge in [0.25, 0.3) is 5.91 Å². The number of benzene rings is 1. The second-order valence-electron chi connectivity index (χ2n) is 13.6. The summed E-state index contributed by atoms with van der Waals surface area (Å²) in [5.74, 6) is -2.70. The molecule has 0 aromatic heterocycles. The lowest BCUT2D eigenvalue weighted by molar-refractivity contribution is -0.141. The number of sulfonamides is 1. The Morgan fingerprint density at radius 3 is 2.62 bits per heavy atom. The van der Waals surface area contributed by atoms with Crippen LogP contribution in [-0.4, -0.2) is 96.9 Å². The van der Waals surface area contributed by atoms with Gasteiger partial charge in [-0.3, -0.25) is 24.0 Å². The van der Waals surface area contributed by atoms with Crippen molar-refractivity contribution in [3.8, 4) is 0 Å². The van der Waals surface area contributed by atoms with Gasteiger partial charge in [-0.15, -0.1) is 0 Å². The molecule has 0 radical (unpaired) electrons. The number of nitrogens with one attached hydrogen (secondary N) is 3. The Labute approximate surface area is 294 Å². The van der Waals surface area contributed by atoms with Gasteiger partial charge in [0.1, 0.15) is 37.0 Å². The van der Waals surface area contributed by atoms with Crippen LogP contribution in [0.5, 0.6) is 0 Å². The Morgan fingerprint density at radius 1 is 1.08 bits per heavy atom. The number of carbonyl (C=O) groups excluding carboxylic acids is 5. The smallest absolute Gasteiger partial charge is 0.410 e. The predicted molar refractivity (Wildman–Crippen MR) is 177 cm³/mol. The van der Waals surface area contributed by atoms with Crippen molar-refractivity contribution in [1.82, 2.24) is 25.2 Å². The van der Waals surface area contributed by atoms with Crippen LogP contribution in [0.15, 0.2) is 30.4 Å². The van der Waals surface area contributed by atoms with Crippen molar-refractivity contribution in [2.24, 2.45) is 5.92 Å². The molecule has 2 saturated carbocycles. The Kier molecular flexibility index (Phi) is 10.6. The largest absolute Gasteiger partial charge is 0.447 e. The first-order valence-electron chi connectivity index (χ1n) is 17.0. The third-order valence-electron chi connectivity index (χ3n) is 9.86. The molecule has 5 aliphatic rings. The highest BCUT2D eigenvalue weighted by Crippen LogP contribution is 2.46. The monoisotopic (exact) mass is 737 g/mol. The fourth-order valence-electron chi connectivity index (χ4n) is 6.87. The van der Waals surface area contributed by atoms with Crippen LogP contribution >= 0.6 is 11.6 Å². The summed E-state index contributed by atoms with van der Waals surface area (Å²) in [7, 11) is -3.92. The van der Waals surface area contributed by atoms with Gasteiger partial charge in [-0.1, -0.05) is 42.7 Å². The molecule has 6 rings (SSSR count). The number of carbonyl (C=O) groups is 5. The minimum atomic E-state index is -3.92. The van der Waals surface area contributed by atoms with Gasteiger partial charge in [0.15, 0.2) is 0 Å². The third-order valence-corrected chi connectivity index (χ3v) is 11.9. The van der Waals surface area contributed by atoms with Gasteiger partial charge >= 0.3 is 12.2 Å². The van der Waals surface area contributed by atoms with E-state index in [1.54, 1.807) is 18.2 Å². The zero-order chi connectivity index (χ0) is 35.6. The van der Waals surface area contributed by atoms with E-state index < -0.39 is 88.1 Å². The van der Waals surface area contributed by atoms with Crippen LogP contribution in [0.4, 0.5) is 14.0 Å². The maximum absolute atomic E-state index is 14.1. The molecule has 50 heavy (non-hydrogen) atoms. The molecule has 3 aliphatic heterocycles. The second kappa shape index (κ2) is 14.7. The van der Waals surface area contributed by atoms with E-state index in [4.69, 9.17) is 21.1 Å². The molecule has 5 atom stereocenters. The van der Waals surface area contributed by atoms with Gasteiger partial charge in [0.2, 0.25) is 21.8 Å². The number of hydrogen-bond donors (Lipinski definition) is 3. The summed E-state index contributed by atoms with van der Waals surface area (Å²) in [6, 6.07) is 2.96. The molecule has 1 aromatic rings. The van der Waals surface area contributed by atoms with E-state index >= 15 is 0 Å². The van der Waals surface area contributed by atoms with E-state index in [-0.39, 0.29) is 38.9 Å². The number of alkyl halides is 1. The fraction of sp³-hybridized carbons (Fsp3) is 0.606. The van der Waals surface area contributed by atoms with E-state index in [2.05, 4.69) is 15.4 Å². The zero-order valence-corrected chi connectivity index (χ0v) is 29.0. The van der Waals surface area contributed by atoms with Crippen LogP contribution < -0.4 is 15.4 Å². The van der Waals surface area contributed by atoms with Gasteiger partial charge in [-0.05, 0) is 61.8 Å². The highest BCUT2D eigenvalue weighted by Gasteiger charge is 2.62. The number of halogens is 2. The molecule has 0 spiro atoms. The van der Waals surface area contributed by atoms with Gasteiger partial charge in [-0.2, -0.15) is 0 Å². The number of nitrogens with zero attached hydrogens (tertiary/aromatic N) is 2. The summed E-state index contributed by atoms with van der Waals surface area (Å²) >= 11 is 6.12. The van der Waals surface area contributed by atoms with Crippen LogP contribution in [-0.2, 0) is 47.0 Å². The van der Waals surface area contributed by atoms with Crippen molar-refractivity contribution >= 4 is 51.5 Å². The molecule has 1 aromatic carbocycles. The Morgan fingerprint density at radius 2 is 1.86 bits per heavy atom. The first-order chi connectivity index (χ1) is 23.9. The number of alkyl carbamates (subject to hydrolysis) is 1. The minimum absolute atomic E-state index is 0.118. The quantitative estimate of drug-likeness (QED) is 0.355. The van der Waals surface area contributed by atoms with E-state index in [0.29, 0.717) is 37.1 Å². The topological polar surface area (TPSA) is 181 Å². The average molecular weight is 738 g/mol. The molecule has 14 nitrogen and oxygen atoms in total. The fourth-order valence-corrected chi connectivity index (χ4v) is 8.43.